The molecule has 0 radical (unpaired) electrons. The topological polar surface area (TPSA) is 80.9 Å². The summed E-state index contributed by atoms with van der Waals surface area (Å²) in [6.07, 6.45) is 8.09. The number of carbonyl (C=O) groups excluding carboxylic acids is 1. The molecule has 4 rings (SSSR count). The Kier molecular flexibility index (Phi) is 3.74. The van der Waals surface area contributed by atoms with E-state index in [1.165, 1.54) is 31.2 Å². The molecular weight excluding hydrogens is 312 g/mol. The lowest BCUT2D eigenvalue weighted by molar-refractivity contribution is 0.0961. The molecule has 1 spiro atoms. The van der Waals surface area contributed by atoms with Crippen LogP contribution in [0.2, 0.25) is 0 Å². The van der Waals surface area contributed by atoms with Gasteiger partial charge < -0.3 is 11.1 Å². The largest absolute Gasteiger partial charge is 0.383 e. The molecule has 25 heavy (non-hydrogen) atoms. The highest BCUT2D eigenvalue weighted by atomic mass is 16.1. The Balaban J connectivity index is 1.77. The zero-order chi connectivity index (χ0) is 17.6. The maximum atomic E-state index is 12.7. The van der Waals surface area contributed by atoms with Crippen molar-refractivity contribution in [3.63, 3.8) is 0 Å². The molecule has 0 unspecified atom stereocenters. The summed E-state index contributed by atoms with van der Waals surface area (Å²) in [4.78, 5) is 21.0. The number of aromatic nitrogens is 2. The quantitative estimate of drug-likeness (QED) is 0.858. The van der Waals surface area contributed by atoms with Gasteiger partial charge in [-0.05, 0) is 49.9 Å². The third kappa shape index (κ3) is 2.58. The smallest absolute Gasteiger partial charge is 0.164 e. The summed E-state index contributed by atoms with van der Waals surface area (Å²) >= 11 is 0. The second-order valence-electron chi connectivity index (χ2n) is 7.51. The summed E-state index contributed by atoms with van der Waals surface area (Å²) in [5, 5.41) is 3.38. The van der Waals surface area contributed by atoms with Crippen LogP contribution in [0.3, 0.4) is 0 Å². The lowest BCUT2D eigenvalue weighted by Crippen LogP contribution is -2.26. The van der Waals surface area contributed by atoms with Crippen LogP contribution in [-0.4, -0.2) is 15.8 Å². The van der Waals surface area contributed by atoms with Gasteiger partial charge in [-0.3, -0.25) is 4.79 Å². The molecule has 2 aliphatic rings. The van der Waals surface area contributed by atoms with Crippen LogP contribution >= 0.6 is 0 Å². The van der Waals surface area contributed by atoms with Crippen molar-refractivity contribution in [1.29, 1.82) is 0 Å². The molecule has 0 bridgehead atoms. The normalized spacial score (nSPS) is 18.4. The van der Waals surface area contributed by atoms with Gasteiger partial charge in [0.15, 0.2) is 5.78 Å². The van der Waals surface area contributed by atoms with Gasteiger partial charge in [-0.15, -0.1) is 0 Å². The van der Waals surface area contributed by atoms with Crippen molar-refractivity contribution in [2.45, 2.75) is 57.8 Å². The van der Waals surface area contributed by atoms with E-state index in [0.717, 1.165) is 35.2 Å². The first-order valence-corrected chi connectivity index (χ1v) is 9.03. The second-order valence-corrected chi connectivity index (χ2v) is 7.51. The van der Waals surface area contributed by atoms with Crippen LogP contribution in [-0.2, 0) is 5.41 Å². The fraction of sp³-hybridized carbons (Fsp3) is 0.450. The van der Waals surface area contributed by atoms with E-state index in [0.29, 0.717) is 23.8 Å². The molecule has 1 aromatic heterocycles. The summed E-state index contributed by atoms with van der Waals surface area (Å²) in [6.45, 7) is 3.94. The van der Waals surface area contributed by atoms with Crippen molar-refractivity contribution in [3.8, 4) is 0 Å². The average molecular weight is 336 g/mol. The van der Waals surface area contributed by atoms with Gasteiger partial charge in [0, 0.05) is 28.7 Å². The van der Waals surface area contributed by atoms with E-state index in [2.05, 4.69) is 21.4 Å². The summed E-state index contributed by atoms with van der Waals surface area (Å²) in [7, 11) is 0. The minimum atomic E-state index is 0.0485. The minimum Gasteiger partial charge on any atom is -0.383 e. The molecule has 1 saturated carbocycles. The Morgan fingerprint density at radius 1 is 1.12 bits per heavy atom. The zero-order valence-corrected chi connectivity index (χ0v) is 14.9. The van der Waals surface area contributed by atoms with E-state index in [4.69, 9.17) is 5.73 Å². The Labute approximate surface area is 148 Å². The molecule has 1 fully saturated rings. The molecule has 1 aromatic carbocycles. The number of nitrogens with zero attached hydrogens (tertiary/aromatic N) is 2. The minimum absolute atomic E-state index is 0.0485. The van der Waals surface area contributed by atoms with Crippen LogP contribution in [0.4, 0.5) is 17.3 Å². The summed E-state index contributed by atoms with van der Waals surface area (Å²) in [5.41, 5.74) is 11.0. The predicted molar refractivity (Wildman–Crippen MR) is 99.4 cm³/mol. The number of hydrogen-bond acceptors (Lipinski definition) is 5. The SMILES string of the molecule is Cc1cc(Nc2ncnc(N)c2C)cc2c1C(=O)CC21CCCCC1. The Morgan fingerprint density at radius 3 is 2.64 bits per heavy atom. The molecule has 2 aliphatic carbocycles. The number of aryl methyl sites for hydroxylation is 1. The van der Waals surface area contributed by atoms with E-state index >= 15 is 0 Å². The first-order chi connectivity index (χ1) is 12.0. The number of nitrogens with one attached hydrogen (secondary N) is 1. The molecule has 1 heterocycles. The molecule has 0 aliphatic heterocycles. The zero-order valence-electron chi connectivity index (χ0n) is 14.9. The van der Waals surface area contributed by atoms with Gasteiger partial charge in [0.1, 0.15) is 18.0 Å². The van der Waals surface area contributed by atoms with Gasteiger partial charge >= 0.3 is 0 Å². The Bertz CT molecular complexity index is 853. The van der Waals surface area contributed by atoms with Crippen LogP contribution in [0.25, 0.3) is 0 Å². The standard InChI is InChI=1S/C20H24N4O/c1-12-8-14(24-19-13(2)18(21)22-11-23-19)9-15-17(12)16(25)10-20(15)6-4-3-5-7-20/h8-9,11H,3-7,10H2,1-2H3,(H3,21,22,23,24). The molecule has 0 saturated heterocycles. The van der Waals surface area contributed by atoms with Crippen molar-refractivity contribution < 1.29 is 4.79 Å². The first-order valence-electron chi connectivity index (χ1n) is 9.03. The van der Waals surface area contributed by atoms with Gasteiger partial charge in [0.2, 0.25) is 0 Å². The number of nitrogens with two attached hydrogens (primary N) is 1. The molecule has 0 atom stereocenters. The summed E-state index contributed by atoms with van der Waals surface area (Å²) < 4.78 is 0. The highest BCUT2D eigenvalue weighted by Gasteiger charge is 2.44. The highest BCUT2D eigenvalue weighted by molar-refractivity contribution is 6.04. The number of ketones is 1. The number of rotatable bonds is 2. The van der Waals surface area contributed by atoms with E-state index in [1.54, 1.807) is 0 Å². The number of Topliss-reactive ketones (excluding diaryl/α,β-unsaturated/α-hetero) is 1. The van der Waals surface area contributed by atoms with Crippen LogP contribution < -0.4 is 11.1 Å². The number of nitrogen functional groups attached to an aromatic ring is 1. The van der Waals surface area contributed by atoms with Crippen molar-refractivity contribution >= 4 is 23.1 Å². The van der Waals surface area contributed by atoms with Gasteiger partial charge in [0.05, 0.1) is 0 Å². The van der Waals surface area contributed by atoms with Crippen molar-refractivity contribution in [1.82, 2.24) is 9.97 Å². The number of fused-ring (bicyclic) bond motifs is 2. The summed E-state index contributed by atoms with van der Waals surface area (Å²) in [5.74, 6) is 1.51. The number of anilines is 3. The van der Waals surface area contributed by atoms with E-state index in [-0.39, 0.29) is 5.41 Å². The second kappa shape index (κ2) is 5.83. The Morgan fingerprint density at radius 2 is 1.88 bits per heavy atom. The third-order valence-electron chi connectivity index (χ3n) is 5.88. The molecule has 5 nitrogen and oxygen atoms in total. The Hall–Kier alpha value is -2.43. The molecule has 5 heteroatoms. The maximum Gasteiger partial charge on any atom is 0.164 e. The fourth-order valence-electron chi connectivity index (χ4n) is 4.54. The van der Waals surface area contributed by atoms with Crippen molar-refractivity contribution in [2.75, 3.05) is 11.1 Å². The monoisotopic (exact) mass is 336 g/mol. The molecular formula is C20H24N4O. The summed E-state index contributed by atoms with van der Waals surface area (Å²) in [6, 6.07) is 4.20. The predicted octanol–water partition coefficient (Wildman–Crippen LogP) is 4.21. The third-order valence-corrected chi connectivity index (χ3v) is 5.88. The van der Waals surface area contributed by atoms with Crippen LogP contribution in [0.15, 0.2) is 18.5 Å². The molecule has 0 amide bonds. The lowest BCUT2D eigenvalue weighted by Gasteiger charge is -2.34. The average Bonchev–Trinajstić information content (AvgIpc) is 2.85. The number of benzene rings is 1. The highest BCUT2D eigenvalue weighted by Crippen LogP contribution is 2.50. The van der Waals surface area contributed by atoms with Crippen LogP contribution in [0, 0.1) is 13.8 Å². The van der Waals surface area contributed by atoms with Gasteiger partial charge in [0.25, 0.3) is 0 Å². The molecule has 3 N–H and O–H groups in total. The van der Waals surface area contributed by atoms with Crippen molar-refractivity contribution in [2.24, 2.45) is 0 Å². The van der Waals surface area contributed by atoms with Crippen LogP contribution in [0.5, 0.6) is 0 Å². The van der Waals surface area contributed by atoms with E-state index in [9.17, 15) is 4.79 Å². The fourth-order valence-corrected chi connectivity index (χ4v) is 4.54. The molecule has 130 valence electrons. The van der Waals surface area contributed by atoms with Gasteiger partial charge in [-0.25, -0.2) is 9.97 Å². The van der Waals surface area contributed by atoms with E-state index < -0.39 is 0 Å². The van der Waals surface area contributed by atoms with Crippen LogP contribution in [0.1, 0.15) is 65.6 Å². The number of carbonyl (C=O) groups is 1. The van der Waals surface area contributed by atoms with E-state index in [1.807, 2.05) is 19.9 Å². The lowest BCUT2D eigenvalue weighted by atomic mass is 9.70. The van der Waals surface area contributed by atoms with Gasteiger partial charge in [-0.1, -0.05) is 19.3 Å². The first kappa shape index (κ1) is 16.1. The number of hydrogen-bond donors (Lipinski definition) is 2. The van der Waals surface area contributed by atoms with Crippen molar-refractivity contribution in [3.05, 3.63) is 40.7 Å². The van der Waals surface area contributed by atoms with Gasteiger partial charge in [-0.2, -0.15) is 0 Å². The maximum absolute atomic E-state index is 12.7. The molecule has 2 aromatic rings.